The highest BCUT2D eigenvalue weighted by molar-refractivity contribution is 5.22. The van der Waals surface area contributed by atoms with Crippen molar-refractivity contribution in [2.75, 3.05) is 20.3 Å². The molecule has 0 saturated heterocycles. The van der Waals surface area contributed by atoms with Crippen LogP contribution >= 0.6 is 0 Å². The van der Waals surface area contributed by atoms with Crippen LogP contribution in [0.4, 0.5) is 4.39 Å². The molecule has 2 atom stereocenters. The van der Waals surface area contributed by atoms with Gasteiger partial charge in [0, 0.05) is 19.6 Å². The first-order chi connectivity index (χ1) is 7.20. The Kier molecular flexibility index (Phi) is 4.72. The predicted molar refractivity (Wildman–Crippen MR) is 57.3 cm³/mol. The average molecular weight is 212 g/mol. The molecule has 1 rings (SSSR count). The Hall–Kier alpha value is -0.930. The van der Waals surface area contributed by atoms with E-state index in [0.29, 0.717) is 12.2 Å². The van der Waals surface area contributed by atoms with Crippen LogP contribution in [0.2, 0.25) is 0 Å². The lowest BCUT2D eigenvalue weighted by molar-refractivity contribution is 0.124. The quantitative estimate of drug-likeness (QED) is 0.810. The zero-order valence-electron chi connectivity index (χ0n) is 9.11. The highest BCUT2D eigenvalue weighted by Crippen LogP contribution is 2.26. The molecule has 2 nitrogen and oxygen atoms in total. The molecule has 0 aromatic heterocycles. The van der Waals surface area contributed by atoms with Crippen LogP contribution in [0.1, 0.15) is 18.4 Å². The van der Waals surface area contributed by atoms with Gasteiger partial charge in [0.05, 0.1) is 6.61 Å². The van der Waals surface area contributed by atoms with Crippen molar-refractivity contribution in [3.8, 4) is 0 Å². The molecule has 0 aliphatic rings. The lowest BCUT2D eigenvalue weighted by Gasteiger charge is -2.22. The molecule has 1 aromatic rings. The standard InChI is InChI=1S/C12H17FO2/c1-9(8-15-2)11(7-14)10-5-3-4-6-12(10)13/h3-6,9,11,14H,7-8H2,1-2H3. The van der Waals surface area contributed by atoms with Crippen LogP contribution in [0.5, 0.6) is 0 Å². The summed E-state index contributed by atoms with van der Waals surface area (Å²) in [6.07, 6.45) is 0. The molecule has 0 bridgehead atoms. The van der Waals surface area contributed by atoms with Gasteiger partial charge >= 0.3 is 0 Å². The van der Waals surface area contributed by atoms with Gasteiger partial charge in [-0.1, -0.05) is 25.1 Å². The van der Waals surface area contributed by atoms with Gasteiger partial charge in [-0.25, -0.2) is 4.39 Å². The Morgan fingerprint density at radius 1 is 1.40 bits per heavy atom. The molecule has 0 heterocycles. The summed E-state index contributed by atoms with van der Waals surface area (Å²) in [5.41, 5.74) is 0.560. The van der Waals surface area contributed by atoms with E-state index in [9.17, 15) is 9.50 Å². The Morgan fingerprint density at radius 3 is 2.60 bits per heavy atom. The van der Waals surface area contributed by atoms with E-state index in [0.717, 1.165) is 0 Å². The molecule has 0 radical (unpaired) electrons. The van der Waals surface area contributed by atoms with Crippen LogP contribution in [-0.4, -0.2) is 25.4 Å². The molecular weight excluding hydrogens is 195 g/mol. The van der Waals surface area contributed by atoms with E-state index in [1.54, 1.807) is 25.3 Å². The Morgan fingerprint density at radius 2 is 2.07 bits per heavy atom. The summed E-state index contributed by atoms with van der Waals surface area (Å²) in [6.45, 7) is 2.39. The number of hydrogen-bond acceptors (Lipinski definition) is 2. The van der Waals surface area contributed by atoms with Crippen molar-refractivity contribution in [3.05, 3.63) is 35.6 Å². The molecule has 0 spiro atoms. The van der Waals surface area contributed by atoms with Crippen LogP contribution in [0.15, 0.2) is 24.3 Å². The number of aliphatic hydroxyl groups excluding tert-OH is 1. The number of halogens is 1. The summed E-state index contributed by atoms with van der Waals surface area (Å²) in [5, 5.41) is 9.28. The Balaban J connectivity index is 2.87. The number of ether oxygens (including phenoxy) is 1. The van der Waals surface area contributed by atoms with Crippen molar-refractivity contribution in [3.63, 3.8) is 0 Å². The van der Waals surface area contributed by atoms with E-state index < -0.39 is 0 Å². The molecule has 84 valence electrons. The topological polar surface area (TPSA) is 29.5 Å². The highest BCUT2D eigenvalue weighted by atomic mass is 19.1. The van der Waals surface area contributed by atoms with Gasteiger partial charge in [-0.3, -0.25) is 0 Å². The maximum absolute atomic E-state index is 13.5. The summed E-state index contributed by atoms with van der Waals surface area (Å²) >= 11 is 0. The second kappa shape index (κ2) is 5.83. The molecule has 2 unspecified atom stereocenters. The fourth-order valence-corrected chi connectivity index (χ4v) is 1.74. The zero-order valence-corrected chi connectivity index (χ0v) is 9.11. The monoisotopic (exact) mass is 212 g/mol. The van der Waals surface area contributed by atoms with E-state index in [-0.39, 0.29) is 24.3 Å². The van der Waals surface area contributed by atoms with Crippen LogP contribution in [0.25, 0.3) is 0 Å². The maximum atomic E-state index is 13.5. The summed E-state index contributed by atoms with van der Waals surface area (Å²) in [6, 6.07) is 6.55. The van der Waals surface area contributed by atoms with Gasteiger partial charge in [-0.05, 0) is 17.5 Å². The van der Waals surface area contributed by atoms with E-state index in [4.69, 9.17) is 4.74 Å². The smallest absolute Gasteiger partial charge is 0.126 e. The number of hydrogen-bond donors (Lipinski definition) is 1. The summed E-state index contributed by atoms with van der Waals surface area (Å²) in [4.78, 5) is 0. The minimum Gasteiger partial charge on any atom is -0.396 e. The number of aliphatic hydroxyl groups is 1. The summed E-state index contributed by atoms with van der Waals surface area (Å²) < 4.78 is 18.5. The van der Waals surface area contributed by atoms with Crippen LogP contribution in [0.3, 0.4) is 0 Å². The van der Waals surface area contributed by atoms with Crippen LogP contribution in [0, 0.1) is 11.7 Å². The third kappa shape index (κ3) is 3.01. The highest BCUT2D eigenvalue weighted by Gasteiger charge is 2.21. The largest absolute Gasteiger partial charge is 0.396 e. The number of benzene rings is 1. The third-order valence-corrected chi connectivity index (χ3v) is 2.62. The normalized spacial score (nSPS) is 14.9. The third-order valence-electron chi connectivity index (χ3n) is 2.62. The number of methoxy groups -OCH3 is 1. The van der Waals surface area contributed by atoms with E-state index in [1.165, 1.54) is 6.07 Å². The molecule has 3 heteroatoms. The average Bonchev–Trinajstić information content (AvgIpc) is 2.22. The zero-order chi connectivity index (χ0) is 11.3. The van der Waals surface area contributed by atoms with Gasteiger partial charge in [0.15, 0.2) is 0 Å². The van der Waals surface area contributed by atoms with Crippen molar-refractivity contribution in [1.82, 2.24) is 0 Å². The molecule has 0 aliphatic heterocycles. The minimum atomic E-state index is -0.264. The van der Waals surface area contributed by atoms with Crippen molar-refractivity contribution in [2.45, 2.75) is 12.8 Å². The first kappa shape index (κ1) is 12.1. The van der Waals surface area contributed by atoms with Crippen molar-refractivity contribution in [2.24, 2.45) is 5.92 Å². The SMILES string of the molecule is COCC(C)C(CO)c1ccccc1F. The van der Waals surface area contributed by atoms with Crippen molar-refractivity contribution < 1.29 is 14.2 Å². The molecule has 0 amide bonds. The fourth-order valence-electron chi connectivity index (χ4n) is 1.74. The molecule has 1 aromatic carbocycles. The maximum Gasteiger partial charge on any atom is 0.126 e. The van der Waals surface area contributed by atoms with Crippen molar-refractivity contribution in [1.29, 1.82) is 0 Å². The first-order valence-corrected chi connectivity index (χ1v) is 5.05. The molecular formula is C12H17FO2. The van der Waals surface area contributed by atoms with Gasteiger partial charge in [-0.15, -0.1) is 0 Å². The Labute approximate surface area is 89.7 Å². The van der Waals surface area contributed by atoms with Crippen molar-refractivity contribution >= 4 is 0 Å². The Bertz CT molecular complexity index is 301. The second-order valence-electron chi connectivity index (χ2n) is 3.74. The summed E-state index contributed by atoms with van der Waals surface area (Å²) in [7, 11) is 1.60. The molecule has 1 N–H and O–H groups in total. The lowest BCUT2D eigenvalue weighted by atomic mass is 9.88. The lowest BCUT2D eigenvalue weighted by Crippen LogP contribution is -2.19. The van der Waals surface area contributed by atoms with Gasteiger partial charge in [0.2, 0.25) is 0 Å². The molecule has 0 saturated carbocycles. The van der Waals surface area contributed by atoms with Crippen LogP contribution in [-0.2, 0) is 4.74 Å². The van der Waals surface area contributed by atoms with Gasteiger partial charge in [-0.2, -0.15) is 0 Å². The summed E-state index contributed by atoms with van der Waals surface area (Å²) in [5.74, 6) is -0.373. The fraction of sp³-hybridized carbons (Fsp3) is 0.500. The first-order valence-electron chi connectivity index (χ1n) is 5.05. The van der Waals surface area contributed by atoms with Gasteiger partial charge in [0.1, 0.15) is 5.82 Å². The van der Waals surface area contributed by atoms with Gasteiger partial charge in [0.25, 0.3) is 0 Å². The van der Waals surface area contributed by atoms with Gasteiger partial charge < -0.3 is 9.84 Å². The number of rotatable bonds is 5. The van der Waals surface area contributed by atoms with E-state index in [1.807, 2.05) is 6.92 Å². The minimum absolute atomic E-state index is 0.0640. The van der Waals surface area contributed by atoms with E-state index in [2.05, 4.69) is 0 Å². The van der Waals surface area contributed by atoms with E-state index >= 15 is 0 Å². The molecule has 0 fully saturated rings. The predicted octanol–water partition coefficient (Wildman–Crippen LogP) is 2.18. The molecule has 15 heavy (non-hydrogen) atoms. The second-order valence-corrected chi connectivity index (χ2v) is 3.74. The molecule has 0 aliphatic carbocycles. The van der Waals surface area contributed by atoms with Crippen LogP contribution < -0.4 is 0 Å².